The summed E-state index contributed by atoms with van der Waals surface area (Å²) in [5.74, 6) is -6.86. The molecule has 0 saturated heterocycles. The minimum Gasteiger partial charge on any atom is -0.503 e. The van der Waals surface area contributed by atoms with Crippen molar-refractivity contribution in [3.05, 3.63) is 29.1 Å². The highest BCUT2D eigenvalue weighted by atomic mass is 79.9. The molecule has 0 fully saturated rings. The Morgan fingerprint density at radius 2 is 1.90 bits per heavy atom. The van der Waals surface area contributed by atoms with Gasteiger partial charge in [-0.1, -0.05) is 22.4 Å². The second-order valence-corrected chi connectivity index (χ2v) is 5.15. The molecule has 0 spiro atoms. The fourth-order valence-electron chi connectivity index (χ4n) is 1.67. The van der Waals surface area contributed by atoms with Gasteiger partial charge in [-0.3, -0.25) is 4.79 Å². The summed E-state index contributed by atoms with van der Waals surface area (Å²) in [6.45, 7) is 0.366. The normalized spacial score (nSPS) is 10.7. The van der Waals surface area contributed by atoms with Crippen molar-refractivity contribution in [2.24, 2.45) is 0 Å². The number of alkyl halides is 1. The lowest BCUT2D eigenvalue weighted by Crippen LogP contribution is -2.28. The predicted molar refractivity (Wildman–Crippen MR) is 72.6 cm³/mol. The van der Waals surface area contributed by atoms with Crippen LogP contribution in [0.15, 0.2) is 6.07 Å². The van der Waals surface area contributed by atoms with E-state index in [1.165, 1.54) is 11.9 Å². The van der Waals surface area contributed by atoms with Gasteiger partial charge in [0.05, 0.1) is 5.56 Å². The van der Waals surface area contributed by atoms with Crippen LogP contribution >= 0.6 is 15.9 Å². The first-order valence-corrected chi connectivity index (χ1v) is 7.20. The van der Waals surface area contributed by atoms with Gasteiger partial charge in [-0.2, -0.15) is 4.39 Å². The van der Waals surface area contributed by atoms with Gasteiger partial charge in [-0.05, 0) is 18.9 Å². The van der Waals surface area contributed by atoms with Crippen molar-refractivity contribution < 1.29 is 23.1 Å². The highest BCUT2D eigenvalue weighted by Crippen LogP contribution is 2.26. The first-order valence-electron chi connectivity index (χ1n) is 6.08. The molecule has 0 heterocycles. The van der Waals surface area contributed by atoms with Crippen LogP contribution in [0.4, 0.5) is 13.2 Å². The van der Waals surface area contributed by atoms with E-state index in [-0.39, 0.29) is 0 Å². The zero-order valence-corrected chi connectivity index (χ0v) is 12.5. The number of unbranched alkanes of at least 4 members (excludes halogenated alkanes) is 2. The van der Waals surface area contributed by atoms with Crippen molar-refractivity contribution in [1.29, 1.82) is 0 Å². The molecule has 1 rings (SSSR count). The maximum absolute atomic E-state index is 13.6. The molecule has 1 aromatic rings. The molecule has 0 aliphatic rings. The number of nitrogens with zero attached hydrogens (tertiary/aromatic N) is 1. The van der Waals surface area contributed by atoms with Gasteiger partial charge in [0.15, 0.2) is 17.4 Å². The van der Waals surface area contributed by atoms with E-state index in [4.69, 9.17) is 5.11 Å². The number of phenolic OH excluding ortho intramolecular Hbond substituents is 1. The van der Waals surface area contributed by atoms with E-state index in [1.54, 1.807) is 0 Å². The van der Waals surface area contributed by atoms with Crippen molar-refractivity contribution in [1.82, 2.24) is 4.90 Å². The number of carbonyl (C=O) groups is 1. The van der Waals surface area contributed by atoms with Crippen molar-refractivity contribution in [2.75, 3.05) is 18.9 Å². The maximum Gasteiger partial charge on any atom is 0.256 e. The van der Waals surface area contributed by atoms with Gasteiger partial charge in [0, 0.05) is 18.9 Å². The topological polar surface area (TPSA) is 40.5 Å². The Morgan fingerprint density at radius 1 is 1.25 bits per heavy atom. The number of rotatable bonds is 6. The Labute approximate surface area is 123 Å². The third-order valence-electron chi connectivity index (χ3n) is 2.84. The highest BCUT2D eigenvalue weighted by Gasteiger charge is 2.24. The lowest BCUT2D eigenvalue weighted by Gasteiger charge is -2.17. The number of aromatic hydroxyl groups is 1. The predicted octanol–water partition coefficient (Wildman–Crippen LogP) is 3.45. The Bertz CT molecular complexity index is 497. The fourth-order valence-corrected chi connectivity index (χ4v) is 2.07. The van der Waals surface area contributed by atoms with Crippen LogP contribution in [-0.2, 0) is 0 Å². The van der Waals surface area contributed by atoms with Crippen LogP contribution in [0.5, 0.6) is 5.75 Å². The van der Waals surface area contributed by atoms with Crippen molar-refractivity contribution in [3.63, 3.8) is 0 Å². The lowest BCUT2D eigenvalue weighted by molar-refractivity contribution is 0.0786. The van der Waals surface area contributed by atoms with E-state index in [1.807, 2.05) is 0 Å². The van der Waals surface area contributed by atoms with Gasteiger partial charge >= 0.3 is 0 Å². The summed E-state index contributed by atoms with van der Waals surface area (Å²) in [5, 5.41) is 9.94. The van der Waals surface area contributed by atoms with Gasteiger partial charge in [0.25, 0.3) is 5.91 Å². The molecule has 0 aliphatic heterocycles. The van der Waals surface area contributed by atoms with Crippen molar-refractivity contribution in [3.8, 4) is 5.75 Å². The number of hydrogen-bond donors (Lipinski definition) is 1. The molecular weight excluding hydrogens is 339 g/mol. The third-order valence-corrected chi connectivity index (χ3v) is 3.40. The monoisotopic (exact) mass is 353 g/mol. The third kappa shape index (κ3) is 3.88. The summed E-state index contributed by atoms with van der Waals surface area (Å²) in [6, 6.07) is 0.460. The second-order valence-electron chi connectivity index (χ2n) is 4.36. The van der Waals surface area contributed by atoms with Crippen LogP contribution < -0.4 is 0 Å². The maximum atomic E-state index is 13.6. The largest absolute Gasteiger partial charge is 0.503 e. The van der Waals surface area contributed by atoms with Gasteiger partial charge < -0.3 is 10.0 Å². The number of phenols is 1. The molecule has 0 bridgehead atoms. The first kappa shape index (κ1) is 16.8. The van der Waals surface area contributed by atoms with E-state index in [0.29, 0.717) is 19.0 Å². The fraction of sp³-hybridized carbons (Fsp3) is 0.462. The summed E-state index contributed by atoms with van der Waals surface area (Å²) >= 11 is 3.28. The second kappa shape index (κ2) is 7.52. The van der Waals surface area contributed by atoms with Crippen LogP contribution in [-0.4, -0.2) is 34.8 Å². The van der Waals surface area contributed by atoms with Crippen molar-refractivity contribution >= 4 is 21.8 Å². The van der Waals surface area contributed by atoms with Crippen molar-refractivity contribution in [2.45, 2.75) is 19.3 Å². The molecule has 112 valence electrons. The molecule has 1 N–H and O–H groups in total. The first-order chi connectivity index (χ1) is 9.40. The average Bonchev–Trinajstić information content (AvgIpc) is 2.44. The molecule has 0 radical (unpaired) electrons. The van der Waals surface area contributed by atoms with Gasteiger partial charge in [-0.15, -0.1) is 0 Å². The summed E-state index contributed by atoms with van der Waals surface area (Å²) in [6.07, 6.45) is 2.54. The van der Waals surface area contributed by atoms with Gasteiger partial charge in [-0.25, -0.2) is 8.78 Å². The Hall–Kier alpha value is -1.24. The smallest absolute Gasteiger partial charge is 0.256 e. The Balaban J connectivity index is 2.82. The summed E-state index contributed by atoms with van der Waals surface area (Å²) in [4.78, 5) is 13.1. The quantitative estimate of drug-likeness (QED) is 0.483. The summed E-state index contributed by atoms with van der Waals surface area (Å²) in [5.41, 5.74) is -0.676. The number of hydrogen-bond acceptors (Lipinski definition) is 2. The van der Waals surface area contributed by atoms with E-state index in [2.05, 4.69) is 15.9 Å². The molecule has 1 amide bonds. The lowest BCUT2D eigenvalue weighted by atomic mass is 10.1. The Morgan fingerprint density at radius 3 is 2.50 bits per heavy atom. The van der Waals surface area contributed by atoms with E-state index in [0.717, 1.165) is 18.2 Å². The molecule has 0 aliphatic carbocycles. The van der Waals surface area contributed by atoms with Gasteiger partial charge in [0.1, 0.15) is 0 Å². The number of amides is 1. The zero-order chi connectivity index (χ0) is 15.3. The van der Waals surface area contributed by atoms with Crippen LogP contribution in [0.2, 0.25) is 0 Å². The molecule has 0 saturated carbocycles. The zero-order valence-electron chi connectivity index (χ0n) is 10.9. The molecule has 3 nitrogen and oxygen atoms in total. The van der Waals surface area contributed by atoms with E-state index >= 15 is 0 Å². The van der Waals surface area contributed by atoms with E-state index in [9.17, 15) is 18.0 Å². The molecular formula is C13H15BrF3NO2. The number of carbonyl (C=O) groups excluding carboxylic acids is 1. The SMILES string of the molecule is CN(CCCCCBr)C(=O)c1cc(F)c(F)c(O)c1F. The van der Waals surface area contributed by atoms with Gasteiger partial charge in [0.2, 0.25) is 5.82 Å². The molecule has 0 atom stereocenters. The molecule has 7 heteroatoms. The number of benzene rings is 1. The van der Waals surface area contributed by atoms with E-state index < -0.39 is 34.7 Å². The molecule has 0 aromatic heterocycles. The minimum atomic E-state index is -1.70. The van der Waals surface area contributed by atoms with Crippen LogP contribution in [0, 0.1) is 17.5 Å². The summed E-state index contributed by atoms with van der Waals surface area (Å²) < 4.78 is 39.6. The average molecular weight is 354 g/mol. The van der Waals surface area contributed by atoms with Crippen LogP contribution in [0.25, 0.3) is 0 Å². The molecule has 20 heavy (non-hydrogen) atoms. The highest BCUT2D eigenvalue weighted by molar-refractivity contribution is 9.09. The van der Waals surface area contributed by atoms with Crippen LogP contribution in [0.1, 0.15) is 29.6 Å². The van der Waals surface area contributed by atoms with Crippen LogP contribution in [0.3, 0.4) is 0 Å². The molecule has 1 aromatic carbocycles. The number of halogens is 4. The summed E-state index contributed by atoms with van der Waals surface area (Å²) in [7, 11) is 1.44. The standard InChI is InChI=1S/C13H15BrF3NO2/c1-18(6-4-2-3-5-14)13(20)8-7-9(15)11(17)12(19)10(8)16/h7,19H,2-6H2,1H3. The Kier molecular flexibility index (Phi) is 6.32. The minimum absolute atomic E-state index is 0.366. The molecule has 0 unspecified atom stereocenters.